The first-order chi connectivity index (χ1) is 13.6. The van der Waals surface area contributed by atoms with Gasteiger partial charge in [-0.2, -0.15) is 0 Å². The van der Waals surface area contributed by atoms with Crippen LogP contribution in [0.15, 0.2) is 50.6 Å². The molecule has 1 heterocycles. The molecule has 1 unspecified atom stereocenters. The van der Waals surface area contributed by atoms with Crippen molar-refractivity contribution < 1.29 is 9.00 Å². The second kappa shape index (κ2) is 10.3. The van der Waals surface area contributed by atoms with E-state index in [4.69, 9.17) is 5.14 Å². The lowest BCUT2D eigenvalue weighted by Gasteiger charge is -2.27. The SMILES string of the molecule is CSc1ccc(C(=O)N2CCCCC2)c(NS(=O)C2=CC=C/C(=N/SN)C2)c1. The monoisotopic (exact) mass is 436 g/mol. The van der Waals surface area contributed by atoms with Gasteiger partial charge in [0.25, 0.3) is 5.91 Å². The molecule has 0 aromatic heterocycles. The Bertz CT molecular complexity index is 846. The molecule has 0 radical (unpaired) electrons. The van der Waals surface area contributed by atoms with Gasteiger partial charge in [0.1, 0.15) is 11.0 Å². The van der Waals surface area contributed by atoms with Gasteiger partial charge in [-0.3, -0.25) is 9.93 Å². The topological polar surface area (TPSA) is 87.8 Å². The molecule has 1 aliphatic heterocycles. The lowest BCUT2D eigenvalue weighted by Crippen LogP contribution is -2.36. The van der Waals surface area contributed by atoms with Gasteiger partial charge in [0.2, 0.25) is 0 Å². The molecule has 6 nitrogen and oxygen atoms in total. The molecule has 1 aromatic carbocycles. The highest BCUT2D eigenvalue weighted by atomic mass is 32.2. The highest BCUT2D eigenvalue weighted by molar-refractivity contribution is 7.98. The van der Waals surface area contributed by atoms with Crippen LogP contribution in [0.1, 0.15) is 36.0 Å². The van der Waals surface area contributed by atoms with Gasteiger partial charge in [-0.1, -0.05) is 6.08 Å². The summed E-state index contributed by atoms with van der Waals surface area (Å²) in [7, 11) is -1.47. The van der Waals surface area contributed by atoms with Crippen molar-refractivity contribution in [1.82, 2.24) is 4.90 Å². The number of hydrogen-bond donors (Lipinski definition) is 2. The number of piperidine rings is 1. The Morgan fingerprint density at radius 3 is 2.79 bits per heavy atom. The predicted molar refractivity (Wildman–Crippen MR) is 121 cm³/mol. The van der Waals surface area contributed by atoms with Crippen LogP contribution in [0.2, 0.25) is 0 Å². The number of allylic oxidation sites excluding steroid dienone is 4. The fourth-order valence-electron chi connectivity index (χ4n) is 3.17. The highest BCUT2D eigenvalue weighted by Gasteiger charge is 2.22. The largest absolute Gasteiger partial charge is 0.339 e. The Balaban J connectivity index is 1.82. The van der Waals surface area contributed by atoms with Crippen molar-refractivity contribution >= 4 is 52.2 Å². The molecule has 1 amide bonds. The van der Waals surface area contributed by atoms with Gasteiger partial charge in [-0.25, -0.2) is 8.61 Å². The van der Waals surface area contributed by atoms with E-state index in [2.05, 4.69) is 9.12 Å². The van der Waals surface area contributed by atoms with Crippen molar-refractivity contribution in [3.8, 4) is 0 Å². The van der Waals surface area contributed by atoms with Crippen molar-refractivity contribution in [3.05, 3.63) is 46.9 Å². The standard InChI is InChI=1S/C19H24N4O2S3/c1-26-15-8-9-17(19(24)23-10-3-2-4-11-23)18(13-15)22-28(25)16-7-5-6-14(12-16)21-27-20/h5-9,13,22H,2-4,10-12,20H2,1H3/b21-14-. The highest BCUT2D eigenvalue weighted by Crippen LogP contribution is 2.28. The second-order valence-corrected chi connectivity index (χ2v) is 9.03. The van der Waals surface area contributed by atoms with Crippen LogP contribution in [-0.4, -0.2) is 40.1 Å². The third kappa shape index (κ3) is 5.28. The number of hydrogen-bond acceptors (Lipinski definition) is 6. The third-order valence-corrected chi connectivity index (χ3v) is 6.86. The number of thioether (sulfide) groups is 1. The fraction of sp³-hybridized carbons (Fsp3) is 0.368. The van der Waals surface area contributed by atoms with Crippen LogP contribution in [0.4, 0.5) is 5.69 Å². The molecule has 1 aromatic rings. The summed E-state index contributed by atoms with van der Waals surface area (Å²) in [6.45, 7) is 1.55. The van der Waals surface area contributed by atoms with E-state index in [0.29, 0.717) is 22.6 Å². The van der Waals surface area contributed by atoms with Crippen LogP contribution in [0.25, 0.3) is 0 Å². The number of anilines is 1. The van der Waals surface area contributed by atoms with E-state index in [9.17, 15) is 9.00 Å². The molecule has 1 aliphatic carbocycles. The van der Waals surface area contributed by atoms with Gasteiger partial charge < -0.3 is 9.62 Å². The minimum absolute atomic E-state index is 0.00819. The molecule has 1 atom stereocenters. The Morgan fingerprint density at radius 2 is 2.07 bits per heavy atom. The summed E-state index contributed by atoms with van der Waals surface area (Å²) in [6.07, 6.45) is 11.1. The summed E-state index contributed by atoms with van der Waals surface area (Å²) < 4.78 is 20.1. The summed E-state index contributed by atoms with van der Waals surface area (Å²) in [4.78, 5) is 16.6. The van der Waals surface area contributed by atoms with Gasteiger partial charge in [0.15, 0.2) is 0 Å². The smallest absolute Gasteiger partial charge is 0.255 e. The first-order valence-corrected chi connectivity index (χ1v) is 12.3. The number of carbonyl (C=O) groups excluding carboxylic acids is 1. The van der Waals surface area contributed by atoms with Crippen molar-refractivity contribution in [1.29, 1.82) is 0 Å². The van der Waals surface area contributed by atoms with E-state index >= 15 is 0 Å². The Labute approximate surface area is 177 Å². The molecule has 28 heavy (non-hydrogen) atoms. The predicted octanol–water partition coefficient (Wildman–Crippen LogP) is 3.92. The molecular formula is C19H24N4O2S3. The number of rotatable bonds is 6. The van der Waals surface area contributed by atoms with Crippen LogP contribution in [0.5, 0.6) is 0 Å². The maximum absolute atomic E-state index is 13.0. The van der Waals surface area contributed by atoms with Gasteiger partial charge >= 0.3 is 0 Å². The van der Waals surface area contributed by atoms with Gasteiger partial charge in [0, 0.05) is 29.3 Å². The van der Waals surface area contributed by atoms with Gasteiger partial charge in [-0.15, -0.1) is 11.8 Å². The summed E-state index contributed by atoms with van der Waals surface area (Å²) in [5, 5.41) is 5.40. The molecule has 3 N–H and O–H groups in total. The number of likely N-dealkylation sites (tertiary alicyclic amines) is 1. The number of benzene rings is 1. The Morgan fingerprint density at radius 1 is 1.29 bits per heavy atom. The fourth-order valence-corrected chi connectivity index (χ4v) is 4.86. The normalized spacial score (nSPS) is 19.4. The van der Waals surface area contributed by atoms with E-state index in [0.717, 1.165) is 55.1 Å². The van der Waals surface area contributed by atoms with Crippen molar-refractivity contribution in [2.45, 2.75) is 30.6 Å². The molecular weight excluding hydrogens is 412 g/mol. The minimum atomic E-state index is -1.47. The summed E-state index contributed by atoms with van der Waals surface area (Å²) >= 11 is 2.47. The second-order valence-electron chi connectivity index (χ2n) is 6.49. The van der Waals surface area contributed by atoms with Crippen molar-refractivity contribution in [2.24, 2.45) is 9.54 Å². The number of nitrogens with one attached hydrogen (secondary N) is 1. The molecule has 9 heteroatoms. The number of amides is 1. The van der Waals surface area contributed by atoms with Crippen LogP contribution in [0, 0.1) is 0 Å². The molecule has 150 valence electrons. The van der Waals surface area contributed by atoms with Crippen molar-refractivity contribution in [3.63, 3.8) is 0 Å². The first kappa shape index (κ1) is 21.2. The van der Waals surface area contributed by atoms with Crippen LogP contribution < -0.4 is 9.86 Å². The van der Waals surface area contributed by atoms with Gasteiger partial charge in [0.05, 0.1) is 29.1 Å². The molecule has 0 bridgehead atoms. The van der Waals surface area contributed by atoms with Crippen molar-refractivity contribution in [2.75, 3.05) is 24.1 Å². The number of nitrogens with two attached hydrogens (primary N) is 1. The van der Waals surface area contributed by atoms with Gasteiger partial charge in [-0.05, 0) is 55.9 Å². The molecule has 1 saturated heterocycles. The summed E-state index contributed by atoms with van der Waals surface area (Å²) in [6, 6.07) is 5.65. The van der Waals surface area contributed by atoms with E-state index in [-0.39, 0.29) is 5.91 Å². The van der Waals surface area contributed by atoms with E-state index in [1.54, 1.807) is 11.8 Å². The Kier molecular flexibility index (Phi) is 7.78. The first-order valence-electron chi connectivity index (χ1n) is 9.08. The molecule has 3 rings (SSSR count). The Hall–Kier alpha value is -1.55. The third-order valence-electron chi connectivity index (χ3n) is 4.64. The minimum Gasteiger partial charge on any atom is -0.339 e. The average molecular weight is 437 g/mol. The zero-order valence-electron chi connectivity index (χ0n) is 15.7. The average Bonchev–Trinajstić information content (AvgIpc) is 2.74. The zero-order chi connectivity index (χ0) is 19.9. The molecule has 1 fully saturated rings. The lowest BCUT2D eigenvalue weighted by molar-refractivity contribution is 0.0725. The van der Waals surface area contributed by atoms with Crippen LogP contribution in [0.3, 0.4) is 0 Å². The van der Waals surface area contributed by atoms with E-state index in [1.165, 1.54) is 0 Å². The molecule has 0 saturated carbocycles. The number of carbonyl (C=O) groups is 1. The maximum Gasteiger partial charge on any atom is 0.255 e. The summed E-state index contributed by atoms with van der Waals surface area (Å²) in [5.41, 5.74) is 1.93. The van der Waals surface area contributed by atoms with Crippen LogP contribution >= 0.6 is 23.9 Å². The zero-order valence-corrected chi connectivity index (χ0v) is 18.2. The summed E-state index contributed by atoms with van der Waals surface area (Å²) in [5.74, 6) is -0.00819. The van der Waals surface area contributed by atoms with Crippen LogP contribution in [-0.2, 0) is 11.0 Å². The lowest BCUT2D eigenvalue weighted by atomic mass is 10.1. The molecule has 0 spiro atoms. The van der Waals surface area contributed by atoms with E-state index in [1.807, 2.05) is 47.6 Å². The number of nitrogens with zero attached hydrogens (tertiary/aromatic N) is 2. The quantitative estimate of drug-likeness (QED) is 0.521. The maximum atomic E-state index is 13.0. The molecule has 2 aliphatic rings. The van der Waals surface area contributed by atoms with E-state index < -0.39 is 11.0 Å².